The standard InChI is InChI=1S/C13H10F2N4S/c1-19(9-2-4-16-5-3-9)13-17-11-7-8(14)6-10(15)12(11)20-18-13/h2-7H,1H3,(H,17,18). The number of pyridine rings is 1. The van der Waals surface area contributed by atoms with E-state index in [0.717, 1.165) is 23.7 Å². The number of fused-ring (bicyclic) bond motifs is 1. The number of aromatic nitrogens is 1. The maximum atomic E-state index is 13.6. The summed E-state index contributed by atoms with van der Waals surface area (Å²) in [5.41, 5.74) is 1.24. The van der Waals surface area contributed by atoms with Gasteiger partial charge in [-0.05, 0) is 18.2 Å². The zero-order valence-corrected chi connectivity index (χ0v) is 11.3. The molecule has 1 aromatic carbocycles. The first-order valence-corrected chi connectivity index (χ1v) is 6.57. The maximum absolute atomic E-state index is 13.6. The highest BCUT2D eigenvalue weighted by Gasteiger charge is 2.20. The maximum Gasteiger partial charge on any atom is 0.214 e. The van der Waals surface area contributed by atoms with E-state index < -0.39 is 11.6 Å². The summed E-state index contributed by atoms with van der Waals surface area (Å²) in [5.74, 6) is -0.743. The van der Waals surface area contributed by atoms with Gasteiger partial charge in [0.25, 0.3) is 0 Å². The van der Waals surface area contributed by atoms with Crippen molar-refractivity contribution in [3.8, 4) is 0 Å². The van der Waals surface area contributed by atoms with Crippen LogP contribution in [0.3, 0.4) is 0 Å². The second kappa shape index (κ2) is 5.09. The number of nitrogens with one attached hydrogen (secondary N) is 1. The fourth-order valence-electron chi connectivity index (χ4n) is 1.81. The summed E-state index contributed by atoms with van der Waals surface area (Å²) in [5, 5.41) is 2.93. The number of halogens is 2. The molecule has 2 aromatic rings. The van der Waals surface area contributed by atoms with Crippen molar-refractivity contribution in [3.05, 3.63) is 48.3 Å². The number of benzene rings is 1. The van der Waals surface area contributed by atoms with Gasteiger partial charge in [0.15, 0.2) is 0 Å². The highest BCUT2D eigenvalue weighted by molar-refractivity contribution is 7.98. The summed E-state index contributed by atoms with van der Waals surface area (Å²) in [4.78, 5) is 6.01. The average molecular weight is 292 g/mol. The summed E-state index contributed by atoms with van der Waals surface area (Å²) < 4.78 is 31.0. The van der Waals surface area contributed by atoms with Crippen LogP contribution in [0.15, 0.2) is 46.0 Å². The molecule has 102 valence electrons. The van der Waals surface area contributed by atoms with Gasteiger partial charge in [-0.2, -0.15) is 4.40 Å². The van der Waals surface area contributed by atoms with Crippen LogP contribution in [-0.2, 0) is 0 Å². The second-order valence-electron chi connectivity index (χ2n) is 4.16. The molecule has 0 saturated heterocycles. The van der Waals surface area contributed by atoms with Crippen molar-refractivity contribution in [1.29, 1.82) is 0 Å². The van der Waals surface area contributed by atoms with Crippen molar-refractivity contribution in [2.45, 2.75) is 4.90 Å². The minimum Gasteiger partial charge on any atom is -0.324 e. The van der Waals surface area contributed by atoms with Crippen LogP contribution in [0, 0.1) is 11.6 Å². The lowest BCUT2D eigenvalue weighted by atomic mass is 10.3. The fraction of sp³-hybridized carbons (Fsp3) is 0.0769. The molecular weight excluding hydrogens is 282 g/mol. The molecule has 0 bridgehead atoms. The first-order valence-electron chi connectivity index (χ1n) is 5.80. The molecule has 1 aromatic heterocycles. The normalized spacial score (nSPS) is 13.2. The van der Waals surface area contributed by atoms with Gasteiger partial charge in [-0.3, -0.25) is 4.98 Å². The molecule has 0 aliphatic carbocycles. The Balaban J connectivity index is 1.90. The van der Waals surface area contributed by atoms with Gasteiger partial charge in [-0.15, -0.1) is 0 Å². The monoisotopic (exact) mass is 292 g/mol. The van der Waals surface area contributed by atoms with Crippen LogP contribution >= 0.6 is 11.9 Å². The van der Waals surface area contributed by atoms with E-state index in [4.69, 9.17) is 0 Å². The molecular formula is C13H10F2N4S. The number of anilines is 2. The Morgan fingerprint density at radius 2 is 1.95 bits per heavy atom. The van der Waals surface area contributed by atoms with Crippen molar-refractivity contribution in [2.75, 3.05) is 17.3 Å². The van der Waals surface area contributed by atoms with Crippen molar-refractivity contribution in [1.82, 2.24) is 4.98 Å². The molecule has 2 heterocycles. The lowest BCUT2D eigenvalue weighted by Crippen LogP contribution is -2.34. The van der Waals surface area contributed by atoms with E-state index in [9.17, 15) is 8.78 Å². The van der Waals surface area contributed by atoms with E-state index in [-0.39, 0.29) is 0 Å². The highest BCUT2D eigenvalue weighted by Crippen LogP contribution is 2.35. The second-order valence-corrected chi connectivity index (χ2v) is 4.93. The van der Waals surface area contributed by atoms with E-state index in [1.165, 1.54) is 6.07 Å². The predicted octanol–water partition coefficient (Wildman–Crippen LogP) is 3.28. The quantitative estimate of drug-likeness (QED) is 0.819. The summed E-state index contributed by atoms with van der Waals surface area (Å²) in [6.45, 7) is 0. The summed E-state index contributed by atoms with van der Waals surface area (Å²) in [6.07, 6.45) is 3.32. The van der Waals surface area contributed by atoms with Gasteiger partial charge in [0.2, 0.25) is 5.96 Å². The Kier molecular flexibility index (Phi) is 3.27. The van der Waals surface area contributed by atoms with Crippen LogP contribution in [-0.4, -0.2) is 18.0 Å². The molecule has 0 atom stereocenters. The van der Waals surface area contributed by atoms with Crippen LogP contribution in [0.5, 0.6) is 0 Å². The smallest absolute Gasteiger partial charge is 0.214 e. The van der Waals surface area contributed by atoms with Crippen LogP contribution in [0.4, 0.5) is 20.2 Å². The molecule has 4 nitrogen and oxygen atoms in total. The Labute approximate surface area is 118 Å². The molecule has 3 rings (SSSR count). The number of nitrogens with zero attached hydrogens (tertiary/aromatic N) is 3. The Morgan fingerprint density at radius 3 is 2.70 bits per heavy atom. The zero-order chi connectivity index (χ0) is 14.1. The van der Waals surface area contributed by atoms with Gasteiger partial charge >= 0.3 is 0 Å². The summed E-state index contributed by atoms with van der Waals surface area (Å²) in [7, 11) is 1.81. The van der Waals surface area contributed by atoms with E-state index in [1.54, 1.807) is 17.3 Å². The van der Waals surface area contributed by atoms with Crippen molar-refractivity contribution in [2.24, 2.45) is 4.40 Å². The Morgan fingerprint density at radius 1 is 1.20 bits per heavy atom. The van der Waals surface area contributed by atoms with Crippen molar-refractivity contribution in [3.63, 3.8) is 0 Å². The average Bonchev–Trinajstić information content (AvgIpc) is 2.46. The van der Waals surface area contributed by atoms with E-state index >= 15 is 0 Å². The number of hydrogen-bond acceptors (Lipinski definition) is 5. The van der Waals surface area contributed by atoms with Crippen molar-refractivity contribution >= 4 is 29.3 Å². The molecule has 1 aliphatic heterocycles. The zero-order valence-electron chi connectivity index (χ0n) is 10.5. The third kappa shape index (κ3) is 2.32. The van der Waals surface area contributed by atoms with Crippen LogP contribution in [0.25, 0.3) is 0 Å². The molecule has 20 heavy (non-hydrogen) atoms. The van der Waals surface area contributed by atoms with E-state index in [1.807, 2.05) is 19.2 Å². The molecule has 1 N–H and O–H groups in total. The van der Waals surface area contributed by atoms with Crippen LogP contribution < -0.4 is 10.2 Å². The minimum absolute atomic E-state index is 0.290. The minimum atomic E-state index is -0.623. The molecule has 0 spiro atoms. The third-order valence-electron chi connectivity index (χ3n) is 2.85. The molecule has 0 fully saturated rings. The Hall–Kier alpha value is -2.15. The van der Waals surface area contributed by atoms with Gasteiger partial charge in [0, 0.05) is 43.1 Å². The SMILES string of the molecule is CN(C1=NSc2c(F)cc(F)cc2N1)c1ccncc1. The number of guanidine groups is 1. The largest absolute Gasteiger partial charge is 0.324 e. The Bertz CT molecular complexity index is 676. The first-order chi connectivity index (χ1) is 9.65. The molecule has 0 unspecified atom stereocenters. The molecule has 0 saturated carbocycles. The van der Waals surface area contributed by atoms with Crippen LogP contribution in [0.1, 0.15) is 0 Å². The van der Waals surface area contributed by atoms with Gasteiger partial charge in [0.1, 0.15) is 11.6 Å². The van der Waals surface area contributed by atoms with E-state index in [0.29, 0.717) is 16.5 Å². The van der Waals surface area contributed by atoms with Gasteiger partial charge < -0.3 is 10.2 Å². The van der Waals surface area contributed by atoms with Gasteiger partial charge in [0.05, 0.1) is 10.6 Å². The fourth-order valence-corrected chi connectivity index (χ4v) is 2.51. The number of hydrogen-bond donors (Lipinski definition) is 1. The van der Waals surface area contributed by atoms with E-state index in [2.05, 4.69) is 14.7 Å². The highest BCUT2D eigenvalue weighted by atomic mass is 32.2. The lowest BCUT2D eigenvalue weighted by molar-refractivity contribution is 0.567. The lowest BCUT2D eigenvalue weighted by Gasteiger charge is -2.25. The third-order valence-corrected chi connectivity index (χ3v) is 3.71. The first kappa shape index (κ1) is 12.9. The van der Waals surface area contributed by atoms with Crippen LogP contribution in [0.2, 0.25) is 0 Å². The molecule has 7 heteroatoms. The summed E-state index contributed by atoms with van der Waals surface area (Å²) in [6, 6.07) is 5.73. The molecule has 1 aliphatic rings. The predicted molar refractivity (Wildman–Crippen MR) is 75.9 cm³/mol. The molecule has 0 amide bonds. The van der Waals surface area contributed by atoms with Gasteiger partial charge in [-0.25, -0.2) is 8.78 Å². The molecule has 0 radical (unpaired) electrons. The van der Waals surface area contributed by atoms with Crippen molar-refractivity contribution < 1.29 is 8.78 Å². The topological polar surface area (TPSA) is 40.5 Å². The number of rotatable bonds is 1. The summed E-state index contributed by atoms with van der Waals surface area (Å²) >= 11 is 0.982. The van der Waals surface area contributed by atoms with Gasteiger partial charge in [-0.1, -0.05) is 0 Å².